The molecule has 4 rings (SSSR count). The van der Waals surface area contributed by atoms with Gasteiger partial charge in [0.05, 0.1) is 5.92 Å². The van der Waals surface area contributed by atoms with Crippen LogP contribution in [-0.4, -0.2) is 36.1 Å². The molecule has 0 aromatic rings. The molecule has 2 saturated carbocycles. The van der Waals surface area contributed by atoms with Crippen LogP contribution in [0.15, 0.2) is 0 Å². The monoisotopic (exact) mass is 347 g/mol. The predicted molar refractivity (Wildman–Crippen MR) is 100 cm³/mol. The highest BCUT2D eigenvalue weighted by Gasteiger charge is 2.54. The molecule has 2 aliphatic carbocycles. The number of esters is 1. The average Bonchev–Trinajstić information content (AvgIpc) is 2.89. The van der Waals surface area contributed by atoms with Gasteiger partial charge in [0.1, 0.15) is 6.10 Å². The summed E-state index contributed by atoms with van der Waals surface area (Å²) < 4.78 is 5.73. The van der Waals surface area contributed by atoms with Crippen LogP contribution < -0.4 is 0 Å². The molecule has 0 bridgehead atoms. The summed E-state index contributed by atoms with van der Waals surface area (Å²) in [5.41, 5.74) is 0. The van der Waals surface area contributed by atoms with Crippen LogP contribution in [0.25, 0.3) is 0 Å². The van der Waals surface area contributed by atoms with E-state index in [1.807, 2.05) is 0 Å². The molecule has 0 spiro atoms. The first-order valence-corrected chi connectivity index (χ1v) is 11.0. The Labute approximate surface area is 153 Å². The molecule has 0 aromatic carbocycles. The molecule has 2 saturated heterocycles. The molecule has 2 heterocycles. The van der Waals surface area contributed by atoms with Crippen molar-refractivity contribution in [2.45, 2.75) is 96.2 Å². The van der Waals surface area contributed by atoms with Gasteiger partial charge < -0.3 is 9.64 Å². The summed E-state index contributed by atoms with van der Waals surface area (Å²) in [6, 6.07) is 1.48. The van der Waals surface area contributed by atoms with Crippen molar-refractivity contribution in [3.8, 4) is 0 Å². The van der Waals surface area contributed by atoms with Gasteiger partial charge in [-0.15, -0.1) is 0 Å². The molecule has 3 heteroatoms. The van der Waals surface area contributed by atoms with E-state index in [0.717, 1.165) is 36.3 Å². The molecule has 0 radical (unpaired) electrons. The van der Waals surface area contributed by atoms with Gasteiger partial charge in [-0.05, 0) is 77.2 Å². The Hall–Kier alpha value is -0.570. The number of hydrogen-bond acceptors (Lipinski definition) is 3. The summed E-state index contributed by atoms with van der Waals surface area (Å²) in [6.07, 6.45) is 13.5. The van der Waals surface area contributed by atoms with E-state index in [9.17, 15) is 4.79 Å². The fourth-order valence-electron chi connectivity index (χ4n) is 6.99. The van der Waals surface area contributed by atoms with E-state index in [0.29, 0.717) is 5.92 Å². The Kier molecular flexibility index (Phi) is 5.14. The second-order valence-electron chi connectivity index (χ2n) is 9.61. The van der Waals surface area contributed by atoms with Crippen molar-refractivity contribution in [1.82, 2.24) is 4.90 Å². The molecule has 0 unspecified atom stereocenters. The highest BCUT2D eigenvalue weighted by atomic mass is 16.6. The second-order valence-corrected chi connectivity index (χ2v) is 9.61. The number of cyclic esters (lactones) is 1. The Morgan fingerprint density at radius 3 is 2.68 bits per heavy atom. The van der Waals surface area contributed by atoms with Crippen LogP contribution in [-0.2, 0) is 9.53 Å². The van der Waals surface area contributed by atoms with Crippen molar-refractivity contribution in [2.75, 3.05) is 7.05 Å². The first-order chi connectivity index (χ1) is 12.1. The third-order valence-corrected chi connectivity index (χ3v) is 8.44. The molecule has 0 aromatic heterocycles. The van der Waals surface area contributed by atoms with Gasteiger partial charge in [0.15, 0.2) is 0 Å². The minimum absolute atomic E-state index is 0.120. The van der Waals surface area contributed by atoms with E-state index < -0.39 is 0 Å². The van der Waals surface area contributed by atoms with Crippen LogP contribution in [0.1, 0.15) is 78.1 Å². The second kappa shape index (κ2) is 7.21. The molecule has 3 nitrogen and oxygen atoms in total. The topological polar surface area (TPSA) is 29.5 Å². The molecule has 25 heavy (non-hydrogen) atoms. The van der Waals surface area contributed by atoms with Crippen LogP contribution in [0, 0.1) is 29.6 Å². The van der Waals surface area contributed by atoms with Gasteiger partial charge in [-0.1, -0.05) is 25.7 Å². The summed E-state index contributed by atoms with van der Waals surface area (Å²) in [7, 11) is 2.33. The summed E-state index contributed by atoms with van der Waals surface area (Å²) in [6.45, 7) is 4.54. The Morgan fingerprint density at radius 2 is 1.84 bits per heavy atom. The summed E-state index contributed by atoms with van der Waals surface area (Å²) in [5, 5.41) is 0. The van der Waals surface area contributed by atoms with Crippen LogP contribution >= 0.6 is 0 Å². The molecule has 8 atom stereocenters. The van der Waals surface area contributed by atoms with Crippen molar-refractivity contribution < 1.29 is 9.53 Å². The smallest absolute Gasteiger partial charge is 0.309 e. The summed E-state index contributed by atoms with van der Waals surface area (Å²) >= 11 is 0. The van der Waals surface area contributed by atoms with Gasteiger partial charge in [0.25, 0.3) is 0 Å². The lowest BCUT2D eigenvalue weighted by Crippen LogP contribution is -2.46. The lowest BCUT2D eigenvalue weighted by molar-refractivity contribution is -0.144. The SMILES string of the molecule is C[C@@H]1OC(=O)[C@H]2C[C@H]3CCCC[C@@H]3[C@@H](CC[C@H]3CCC[C@H](C)N3C)[C@@H]12. The number of carbonyl (C=O) groups is 1. The Bertz CT molecular complexity index is 492. The van der Waals surface area contributed by atoms with Gasteiger partial charge >= 0.3 is 5.97 Å². The normalized spacial score (nSPS) is 47.9. The van der Waals surface area contributed by atoms with Crippen molar-refractivity contribution in [3.63, 3.8) is 0 Å². The minimum Gasteiger partial charge on any atom is -0.462 e. The zero-order valence-electron chi connectivity index (χ0n) is 16.5. The van der Waals surface area contributed by atoms with E-state index in [2.05, 4.69) is 25.8 Å². The first-order valence-electron chi connectivity index (χ1n) is 11.0. The van der Waals surface area contributed by atoms with Crippen molar-refractivity contribution in [1.29, 1.82) is 0 Å². The van der Waals surface area contributed by atoms with Gasteiger partial charge in [0.2, 0.25) is 0 Å². The summed E-state index contributed by atoms with van der Waals surface area (Å²) in [4.78, 5) is 15.0. The van der Waals surface area contributed by atoms with Gasteiger partial charge in [-0.25, -0.2) is 0 Å². The molecule has 4 aliphatic rings. The van der Waals surface area contributed by atoms with Crippen LogP contribution in [0.4, 0.5) is 0 Å². The lowest BCUT2D eigenvalue weighted by Gasteiger charge is -2.48. The number of ether oxygens (including phenoxy) is 1. The van der Waals surface area contributed by atoms with E-state index in [-0.39, 0.29) is 18.0 Å². The van der Waals surface area contributed by atoms with E-state index in [1.54, 1.807) is 0 Å². The average molecular weight is 348 g/mol. The standard InChI is InChI=1S/C22H37NO2/c1-14-7-6-9-17(23(14)3)11-12-19-18-10-5-4-8-16(18)13-20-21(19)15(2)25-22(20)24/h14-21H,4-13H2,1-3H3/t14-,15-,16+,17+,18-,19+,20-,21+/m0/s1. The number of hydrogen-bond donors (Lipinski definition) is 0. The molecule has 4 fully saturated rings. The predicted octanol–water partition coefficient (Wildman–Crippen LogP) is 4.64. The van der Waals surface area contributed by atoms with Gasteiger partial charge in [-0.3, -0.25) is 4.79 Å². The molecule has 2 aliphatic heterocycles. The zero-order chi connectivity index (χ0) is 17.6. The third-order valence-electron chi connectivity index (χ3n) is 8.44. The number of fused-ring (bicyclic) bond motifs is 2. The number of rotatable bonds is 3. The molecular weight excluding hydrogens is 310 g/mol. The molecular formula is C22H37NO2. The highest BCUT2D eigenvalue weighted by Crippen LogP contribution is 2.54. The first kappa shape index (κ1) is 17.8. The largest absolute Gasteiger partial charge is 0.462 e. The maximum absolute atomic E-state index is 12.4. The van der Waals surface area contributed by atoms with Crippen LogP contribution in [0.5, 0.6) is 0 Å². The number of nitrogens with zero attached hydrogens (tertiary/aromatic N) is 1. The van der Waals surface area contributed by atoms with Crippen molar-refractivity contribution in [3.05, 3.63) is 0 Å². The van der Waals surface area contributed by atoms with Crippen LogP contribution in [0.3, 0.4) is 0 Å². The van der Waals surface area contributed by atoms with Crippen molar-refractivity contribution in [2.24, 2.45) is 29.6 Å². The number of carbonyl (C=O) groups excluding carboxylic acids is 1. The maximum atomic E-state index is 12.4. The summed E-state index contributed by atoms with van der Waals surface area (Å²) in [5.74, 6) is 3.20. The van der Waals surface area contributed by atoms with Crippen molar-refractivity contribution >= 4 is 5.97 Å². The fourth-order valence-corrected chi connectivity index (χ4v) is 6.99. The fraction of sp³-hybridized carbons (Fsp3) is 0.955. The Balaban J connectivity index is 1.49. The third kappa shape index (κ3) is 3.26. The zero-order valence-corrected chi connectivity index (χ0v) is 16.5. The molecule has 0 amide bonds. The lowest BCUT2D eigenvalue weighted by atomic mass is 9.56. The highest BCUT2D eigenvalue weighted by molar-refractivity contribution is 5.75. The van der Waals surface area contributed by atoms with Gasteiger partial charge in [-0.2, -0.15) is 0 Å². The van der Waals surface area contributed by atoms with E-state index in [4.69, 9.17) is 4.74 Å². The van der Waals surface area contributed by atoms with E-state index in [1.165, 1.54) is 57.8 Å². The van der Waals surface area contributed by atoms with Crippen LogP contribution in [0.2, 0.25) is 0 Å². The number of piperidine rings is 1. The Morgan fingerprint density at radius 1 is 1.04 bits per heavy atom. The maximum Gasteiger partial charge on any atom is 0.309 e. The minimum atomic E-state index is 0.120. The van der Waals surface area contributed by atoms with Gasteiger partial charge in [0, 0.05) is 18.0 Å². The molecule has 142 valence electrons. The van der Waals surface area contributed by atoms with E-state index >= 15 is 0 Å². The quantitative estimate of drug-likeness (QED) is 0.696. The molecule has 0 N–H and O–H groups in total. The number of likely N-dealkylation sites (tertiary alicyclic amines) is 1.